The summed E-state index contributed by atoms with van der Waals surface area (Å²) >= 11 is 5.68. The number of halogens is 9. The second kappa shape index (κ2) is 8.17. The third-order valence-corrected chi connectivity index (χ3v) is 3.75. The summed E-state index contributed by atoms with van der Waals surface area (Å²) in [4.78, 5) is 7.19. The third-order valence-electron chi connectivity index (χ3n) is 3.58. The zero-order chi connectivity index (χ0) is 23.0. The molecular formula is C18H7ClF8N2O2. The van der Waals surface area contributed by atoms with Crippen molar-refractivity contribution in [1.29, 1.82) is 0 Å². The Kier molecular flexibility index (Phi) is 5.94. The number of hydrogen-bond acceptors (Lipinski definition) is 4. The van der Waals surface area contributed by atoms with E-state index < -0.39 is 63.7 Å². The van der Waals surface area contributed by atoms with E-state index in [-0.39, 0.29) is 0 Å². The molecule has 0 saturated carbocycles. The Morgan fingerprint density at radius 2 is 1.03 bits per heavy atom. The minimum absolute atomic E-state index is 0.376. The molecular weight excluding hydrogens is 464 g/mol. The van der Waals surface area contributed by atoms with Crippen molar-refractivity contribution >= 4 is 11.6 Å². The SMILES string of the molecule is Fc1ccc(Oc2cc(Oc3ccc(F)c(C(F)(F)F)c3)nc(Cl)n2)cc1C(F)(F)F. The molecule has 0 radical (unpaired) electrons. The predicted molar refractivity (Wildman–Crippen MR) is 90.0 cm³/mol. The first-order valence-electron chi connectivity index (χ1n) is 7.97. The van der Waals surface area contributed by atoms with E-state index in [1.54, 1.807) is 0 Å². The molecule has 0 spiro atoms. The van der Waals surface area contributed by atoms with Gasteiger partial charge in [-0.3, -0.25) is 0 Å². The smallest absolute Gasteiger partial charge is 0.419 e. The van der Waals surface area contributed by atoms with Crippen LogP contribution in [0.3, 0.4) is 0 Å². The topological polar surface area (TPSA) is 44.2 Å². The highest BCUT2D eigenvalue weighted by atomic mass is 35.5. The quantitative estimate of drug-likeness (QED) is 0.303. The summed E-state index contributed by atoms with van der Waals surface area (Å²) in [5.41, 5.74) is -3.18. The molecule has 1 aromatic heterocycles. The van der Waals surface area contributed by atoms with Gasteiger partial charge >= 0.3 is 12.4 Å². The molecule has 0 aliphatic carbocycles. The average Bonchev–Trinajstić information content (AvgIpc) is 2.62. The van der Waals surface area contributed by atoms with Crippen LogP contribution >= 0.6 is 11.6 Å². The fraction of sp³-hybridized carbons (Fsp3) is 0.111. The third kappa shape index (κ3) is 5.51. The van der Waals surface area contributed by atoms with Gasteiger partial charge in [-0.25, -0.2) is 8.78 Å². The minimum atomic E-state index is -4.99. The van der Waals surface area contributed by atoms with Gasteiger partial charge in [-0.2, -0.15) is 36.3 Å². The van der Waals surface area contributed by atoms with Crippen molar-refractivity contribution in [3.8, 4) is 23.3 Å². The molecule has 4 nitrogen and oxygen atoms in total. The van der Waals surface area contributed by atoms with Crippen LogP contribution in [0, 0.1) is 11.6 Å². The molecule has 1 heterocycles. The molecule has 0 aliphatic heterocycles. The van der Waals surface area contributed by atoms with Gasteiger partial charge in [0.05, 0.1) is 17.2 Å². The van der Waals surface area contributed by atoms with Gasteiger partial charge in [-0.05, 0) is 48.0 Å². The molecule has 0 atom stereocenters. The normalized spacial score (nSPS) is 12.0. The zero-order valence-electron chi connectivity index (χ0n) is 14.7. The summed E-state index contributed by atoms with van der Waals surface area (Å²) in [6.45, 7) is 0. The van der Waals surface area contributed by atoms with Gasteiger partial charge in [0, 0.05) is 0 Å². The number of rotatable bonds is 4. The van der Waals surface area contributed by atoms with E-state index in [1.165, 1.54) is 0 Å². The maximum absolute atomic E-state index is 13.4. The summed E-state index contributed by atoms with van der Waals surface area (Å²) in [7, 11) is 0. The highest BCUT2D eigenvalue weighted by Gasteiger charge is 2.35. The summed E-state index contributed by atoms with van der Waals surface area (Å²) in [6.07, 6.45) is -9.97. The molecule has 3 rings (SSSR count). The number of ether oxygens (including phenoxy) is 2. The number of benzene rings is 2. The summed E-state index contributed by atoms with van der Waals surface area (Å²) in [5.74, 6) is -4.88. The first-order valence-corrected chi connectivity index (χ1v) is 8.34. The van der Waals surface area contributed by atoms with Crippen LogP contribution in [0.15, 0.2) is 42.5 Å². The van der Waals surface area contributed by atoms with Crippen molar-refractivity contribution in [2.75, 3.05) is 0 Å². The minimum Gasteiger partial charge on any atom is -0.439 e. The van der Waals surface area contributed by atoms with Crippen molar-refractivity contribution < 1.29 is 44.6 Å². The van der Waals surface area contributed by atoms with Crippen LogP contribution in [0.25, 0.3) is 0 Å². The Hall–Kier alpha value is -3.15. The highest BCUT2D eigenvalue weighted by Crippen LogP contribution is 2.37. The van der Waals surface area contributed by atoms with Gasteiger partial charge in [0.25, 0.3) is 0 Å². The summed E-state index contributed by atoms with van der Waals surface area (Å²) in [5, 5.41) is -0.524. The maximum Gasteiger partial charge on any atom is 0.419 e. The Bertz CT molecular complexity index is 1030. The number of nitrogens with zero attached hydrogens (tertiary/aromatic N) is 2. The van der Waals surface area contributed by atoms with E-state index in [0.717, 1.165) is 18.2 Å². The largest absolute Gasteiger partial charge is 0.439 e. The van der Waals surface area contributed by atoms with Crippen LogP contribution in [0.1, 0.15) is 11.1 Å². The fourth-order valence-electron chi connectivity index (χ4n) is 2.29. The van der Waals surface area contributed by atoms with Crippen LogP contribution < -0.4 is 9.47 Å². The number of alkyl halides is 6. The van der Waals surface area contributed by atoms with Gasteiger partial charge in [0.1, 0.15) is 23.1 Å². The Balaban J connectivity index is 1.88. The predicted octanol–water partition coefficient (Wildman–Crippen LogP) is 7.03. The van der Waals surface area contributed by atoms with Gasteiger partial charge < -0.3 is 9.47 Å². The fourth-order valence-corrected chi connectivity index (χ4v) is 2.46. The lowest BCUT2D eigenvalue weighted by Gasteiger charge is -2.12. The molecule has 2 aromatic carbocycles. The van der Waals surface area contributed by atoms with E-state index in [9.17, 15) is 35.1 Å². The monoisotopic (exact) mass is 470 g/mol. The lowest BCUT2D eigenvalue weighted by Crippen LogP contribution is -2.08. The molecule has 0 amide bonds. The molecule has 0 unspecified atom stereocenters. The van der Waals surface area contributed by atoms with Gasteiger partial charge in [0.2, 0.25) is 17.0 Å². The van der Waals surface area contributed by atoms with Crippen LogP contribution in [-0.4, -0.2) is 9.97 Å². The lowest BCUT2D eigenvalue weighted by molar-refractivity contribution is -0.140. The molecule has 31 heavy (non-hydrogen) atoms. The summed E-state index contributed by atoms with van der Waals surface area (Å²) in [6, 6.07) is 4.47. The van der Waals surface area contributed by atoms with Gasteiger partial charge in [-0.15, -0.1) is 0 Å². The molecule has 0 bridgehead atoms. The van der Waals surface area contributed by atoms with Gasteiger partial charge in [-0.1, -0.05) is 0 Å². The van der Waals surface area contributed by atoms with Crippen LogP contribution in [0.2, 0.25) is 5.28 Å². The Labute approximate surface area is 173 Å². The lowest BCUT2D eigenvalue weighted by atomic mass is 10.2. The molecule has 0 N–H and O–H groups in total. The Morgan fingerprint density at radius 3 is 1.39 bits per heavy atom. The Morgan fingerprint density at radius 1 is 0.645 bits per heavy atom. The van der Waals surface area contributed by atoms with Gasteiger partial charge in [0.15, 0.2) is 0 Å². The molecule has 13 heteroatoms. The standard InChI is InChI=1S/C18H7ClF8N2O2/c19-16-28-14(30-8-1-3-12(20)10(5-8)17(22,23)24)7-15(29-16)31-9-2-4-13(21)11(6-9)18(25,26)27/h1-7H. The average molecular weight is 471 g/mol. The van der Waals surface area contributed by atoms with E-state index in [0.29, 0.717) is 24.3 Å². The first-order chi connectivity index (χ1) is 14.3. The second-order valence-electron chi connectivity index (χ2n) is 5.80. The number of aromatic nitrogens is 2. The van der Waals surface area contributed by atoms with Crippen molar-refractivity contribution in [2.45, 2.75) is 12.4 Å². The van der Waals surface area contributed by atoms with Crippen molar-refractivity contribution in [1.82, 2.24) is 9.97 Å². The first kappa shape index (κ1) is 22.5. The van der Waals surface area contributed by atoms with E-state index in [1.807, 2.05) is 0 Å². The molecule has 0 aliphatic rings. The van der Waals surface area contributed by atoms with Crippen molar-refractivity contribution in [3.05, 3.63) is 70.5 Å². The molecule has 164 valence electrons. The van der Waals surface area contributed by atoms with Crippen molar-refractivity contribution in [3.63, 3.8) is 0 Å². The second-order valence-corrected chi connectivity index (χ2v) is 6.13. The van der Waals surface area contributed by atoms with E-state index >= 15 is 0 Å². The van der Waals surface area contributed by atoms with E-state index in [4.69, 9.17) is 21.1 Å². The van der Waals surface area contributed by atoms with Crippen LogP contribution in [-0.2, 0) is 12.4 Å². The van der Waals surface area contributed by atoms with E-state index in [2.05, 4.69) is 9.97 Å². The van der Waals surface area contributed by atoms with Crippen LogP contribution in [0.4, 0.5) is 35.1 Å². The molecule has 0 fully saturated rings. The molecule has 0 saturated heterocycles. The highest BCUT2D eigenvalue weighted by molar-refractivity contribution is 6.28. The van der Waals surface area contributed by atoms with Crippen LogP contribution in [0.5, 0.6) is 23.3 Å². The maximum atomic E-state index is 13.4. The number of hydrogen-bond donors (Lipinski definition) is 0. The van der Waals surface area contributed by atoms with Crippen molar-refractivity contribution in [2.24, 2.45) is 0 Å². The summed E-state index contributed by atoms with van der Waals surface area (Å²) < 4.78 is 114. The molecule has 3 aromatic rings. The zero-order valence-corrected chi connectivity index (χ0v) is 15.4.